The Morgan fingerprint density at radius 3 is 2.17 bits per heavy atom. The monoisotopic (exact) mass is 477 g/mol. The van der Waals surface area contributed by atoms with Crippen LogP contribution < -0.4 is 29.7 Å². The van der Waals surface area contributed by atoms with E-state index in [4.69, 9.17) is 18.9 Å². The van der Waals surface area contributed by atoms with Crippen LogP contribution >= 0.6 is 0 Å². The topological polar surface area (TPSA) is 107 Å². The molecule has 0 saturated carbocycles. The summed E-state index contributed by atoms with van der Waals surface area (Å²) < 4.78 is 21.4. The zero-order valence-electron chi connectivity index (χ0n) is 20.0. The molecular weight excluding hydrogens is 450 g/mol. The largest absolute Gasteiger partial charge is 0.493 e. The number of carbonyl (C=O) groups is 2. The number of nitrogens with one attached hydrogen (secondary N) is 2. The van der Waals surface area contributed by atoms with Gasteiger partial charge in [-0.25, -0.2) is 10.2 Å². The Hall–Kier alpha value is -4.53. The van der Waals surface area contributed by atoms with E-state index in [1.54, 1.807) is 24.3 Å². The molecule has 3 aromatic rings. The number of aryl methyl sites for hydroxylation is 1. The Morgan fingerprint density at radius 2 is 1.54 bits per heavy atom. The van der Waals surface area contributed by atoms with Gasteiger partial charge in [0.2, 0.25) is 5.75 Å². The van der Waals surface area contributed by atoms with E-state index in [-0.39, 0.29) is 23.8 Å². The third kappa shape index (κ3) is 6.73. The Kier molecular flexibility index (Phi) is 8.66. The predicted molar refractivity (Wildman–Crippen MR) is 133 cm³/mol. The number of nitrogens with zero attached hydrogens (tertiary/aromatic N) is 1. The molecule has 0 saturated heterocycles. The van der Waals surface area contributed by atoms with Gasteiger partial charge in [0.1, 0.15) is 5.75 Å². The van der Waals surface area contributed by atoms with E-state index in [1.165, 1.54) is 39.7 Å². The standard InChI is InChI=1S/C26H27N3O6/c1-17-9-11-20(12-10-17)27-16-24(30)29-28-15-18-7-5-6-8-21(18)35-26(31)19-13-22(32-2)25(34-4)23(14-19)33-3/h5-15,27H,16H2,1-4H3,(H,29,30). The summed E-state index contributed by atoms with van der Waals surface area (Å²) in [5.41, 5.74) is 5.12. The molecule has 0 atom stereocenters. The Morgan fingerprint density at radius 1 is 0.886 bits per heavy atom. The van der Waals surface area contributed by atoms with E-state index >= 15 is 0 Å². The summed E-state index contributed by atoms with van der Waals surface area (Å²) in [6.45, 7) is 2.04. The van der Waals surface area contributed by atoms with Crippen LogP contribution in [0.4, 0.5) is 5.69 Å². The molecule has 0 aliphatic rings. The molecule has 9 heteroatoms. The fourth-order valence-electron chi connectivity index (χ4n) is 3.10. The highest BCUT2D eigenvalue weighted by atomic mass is 16.5. The summed E-state index contributed by atoms with van der Waals surface area (Å²) in [6.07, 6.45) is 1.40. The number of ether oxygens (including phenoxy) is 4. The first kappa shape index (κ1) is 25.1. The van der Waals surface area contributed by atoms with Gasteiger partial charge in [0.25, 0.3) is 5.91 Å². The minimum absolute atomic E-state index is 0.0537. The molecule has 0 radical (unpaired) electrons. The van der Waals surface area contributed by atoms with Gasteiger partial charge in [0.05, 0.1) is 39.7 Å². The van der Waals surface area contributed by atoms with Crippen molar-refractivity contribution in [1.82, 2.24) is 5.43 Å². The quantitative estimate of drug-likeness (QED) is 0.198. The number of carbonyl (C=O) groups excluding carboxylic acids is 2. The van der Waals surface area contributed by atoms with E-state index in [2.05, 4.69) is 15.8 Å². The summed E-state index contributed by atoms with van der Waals surface area (Å²) in [5, 5.41) is 6.99. The second-order valence-corrected chi connectivity index (χ2v) is 7.35. The lowest BCUT2D eigenvalue weighted by Crippen LogP contribution is -2.25. The van der Waals surface area contributed by atoms with E-state index in [0.717, 1.165) is 11.3 Å². The number of anilines is 1. The maximum absolute atomic E-state index is 12.8. The summed E-state index contributed by atoms with van der Waals surface area (Å²) >= 11 is 0. The van der Waals surface area contributed by atoms with Crippen molar-refractivity contribution in [2.24, 2.45) is 5.10 Å². The Labute approximate surface area is 203 Å². The SMILES string of the molecule is COc1cc(C(=O)Oc2ccccc2C=NNC(=O)CNc2ccc(C)cc2)cc(OC)c1OC. The van der Waals surface area contributed by atoms with Crippen molar-refractivity contribution < 1.29 is 28.5 Å². The number of esters is 1. The lowest BCUT2D eigenvalue weighted by molar-refractivity contribution is -0.119. The number of hydrazone groups is 1. The van der Waals surface area contributed by atoms with Crippen LogP contribution in [0, 0.1) is 6.92 Å². The van der Waals surface area contributed by atoms with Crippen LogP contribution in [0.15, 0.2) is 65.8 Å². The molecule has 3 aromatic carbocycles. The van der Waals surface area contributed by atoms with Gasteiger partial charge < -0.3 is 24.3 Å². The van der Waals surface area contributed by atoms with Gasteiger partial charge in [-0.15, -0.1) is 0 Å². The van der Waals surface area contributed by atoms with Gasteiger partial charge in [-0.1, -0.05) is 29.8 Å². The molecule has 182 valence electrons. The number of amides is 1. The number of hydrogen-bond acceptors (Lipinski definition) is 8. The molecular formula is C26H27N3O6. The van der Waals surface area contributed by atoms with Crippen LogP contribution in [0.2, 0.25) is 0 Å². The molecule has 9 nitrogen and oxygen atoms in total. The van der Waals surface area contributed by atoms with Crippen LogP contribution in [-0.2, 0) is 4.79 Å². The third-order valence-electron chi connectivity index (χ3n) is 4.92. The van der Waals surface area contributed by atoms with Crippen molar-refractivity contribution in [1.29, 1.82) is 0 Å². The molecule has 35 heavy (non-hydrogen) atoms. The lowest BCUT2D eigenvalue weighted by Gasteiger charge is -2.14. The average Bonchev–Trinajstić information content (AvgIpc) is 2.88. The zero-order valence-corrected chi connectivity index (χ0v) is 20.0. The van der Waals surface area contributed by atoms with Gasteiger partial charge >= 0.3 is 5.97 Å². The highest BCUT2D eigenvalue weighted by Crippen LogP contribution is 2.38. The van der Waals surface area contributed by atoms with E-state index < -0.39 is 5.97 Å². The fourth-order valence-corrected chi connectivity index (χ4v) is 3.10. The molecule has 0 heterocycles. The zero-order chi connectivity index (χ0) is 25.2. The van der Waals surface area contributed by atoms with Gasteiger partial charge in [-0.2, -0.15) is 5.10 Å². The second kappa shape index (κ2) is 12.1. The van der Waals surface area contributed by atoms with E-state index in [0.29, 0.717) is 22.8 Å². The molecule has 0 aliphatic carbocycles. The maximum Gasteiger partial charge on any atom is 0.343 e. The molecule has 0 unspecified atom stereocenters. The molecule has 0 bridgehead atoms. The third-order valence-corrected chi connectivity index (χ3v) is 4.92. The molecule has 0 spiro atoms. The molecule has 0 fully saturated rings. The number of methoxy groups -OCH3 is 3. The summed E-state index contributed by atoms with van der Waals surface area (Å²) in [4.78, 5) is 24.9. The highest BCUT2D eigenvalue weighted by Gasteiger charge is 2.19. The lowest BCUT2D eigenvalue weighted by atomic mass is 10.1. The minimum Gasteiger partial charge on any atom is -0.493 e. The predicted octanol–water partition coefficient (Wildman–Crippen LogP) is 3.80. The first-order chi connectivity index (χ1) is 16.9. The first-order valence-corrected chi connectivity index (χ1v) is 10.7. The summed E-state index contributed by atoms with van der Waals surface area (Å²) in [7, 11) is 4.40. The number of rotatable bonds is 10. The minimum atomic E-state index is -0.628. The highest BCUT2D eigenvalue weighted by molar-refractivity contribution is 5.94. The molecule has 1 amide bonds. The van der Waals surface area contributed by atoms with E-state index in [1.807, 2.05) is 31.2 Å². The number of hydrogen-bond donors (Lipinski definition) is 2. The van der Waals surface area contributed by atoms with Crippen LogP contribution in [0.25, 0.3) is 0 Å². The first-order valence-electron chi connectivity index (χ1n) is 10.7. The summed E-state index contributed by atoms with van der Waals surface area (Å²) in [5.74, 6) is 0.338. The van der Waals surface area contributed by atoms with Crippen LogP contribution in [0.1, 0.15) is 21.5 Å². The molecule has 2 N–H and O–H groups in total. The van der Waals surface area contributed by atoms with Gasteiger partial charge in [0, 0.05) is 11.3 Å². The van der Waals surface area contributed by atoms with Crippen LogP contribution in [0.5, 0.6) is 23.0 Å². The Balaban J connectivity index is 1.65. The number of para-hydroxylation sites is 1. The smallest absolute Gasteiger partial charge is 0.343 e. The van der Waals surface area contributed by atoms with Crippen molar-refractivity contribution in [3.63, 3.8) is 0 Å². The maximum atomic E-state index is 12.8. The second-order valence-electron chi connectivity index (χ2n) is 7.35. The summed E-state index contributed by atoms with van der Waals surface area (Å²) in [6, 6.07) is 17.5. The van der Waals surface area contributed by atoms with Gasteiger partial charge in [0.15, 0.2) is 11.5 Å². The van der Waals surface area contributed by atoms with Gasteiger partial charge in [-0.3, -0.25) is 4.79 Å². The van der Waals surface area contributed by atoms with Crippen molar-refractivity contribution in [3.05, 3.63) is 77.4 Å². The van der Waals surface area contributed by atoms with Crippen LogP contribution in [-0.4, -0.2) is 46.0 Å². The van der Waals surface area contributed by atoms with Crippen molar-refractivity contribution in [2.45, 2.75) is 6.92 Å². The van der Waals surface area contributed by atoms with Crippen LogP contribution in [0.3, 0.4) is 0 Å². The molecule has 0 aromatic heterocycles. The Bertz CT molecular complexity index is 1180. The van der Waals surface area contributed by atoms with Crippen molar-refractivity contribution >= 4 is 23.8 Å². The molecule has 3 rings (SSSR count). The number of benzene rings is 3. The average molecular weight is 478 g/mol. The van der Waals surface area contributed by atoms with Crippen molar-refractivity contribution in [3.8, 4) is 23.0 Å². The molecule has 0 aliphatic heterocycles. The van der Waals surface area contributed by atoms with Gasteiger partial charge in [-0.05, 0) is 43.3 Å². The van der Waals surface area contributed by atoms with E-state index in [9.17, 15) is 9.59 Å². The normalized spacial score (nSPS) is 10.5. The fraction of sp³-hybridized carbons (Fsp3) is 0.192. The van der Waals surface area contributed by atoms with Crippen molar-refractivity contribution in [2.75, 3.05) is 33.2 Å².